The van der Waals surface area contributed by atoms with Crippen LogP contribution < -0.4 is 10.1 Å². The minimum absolute atomic E-state index is 0.100. The number of hydrogen-bond donors (Lipinski definition) is 1. The largest absolute Gasteiger partial charge is 0.479 e. The van der Waals surface area contributed by atoms with E-state index in [0.717, 1.165) is 11.4 Å². The van der Waals surface area contributed by atoms with E-state index in [9.17, 15) is 0 Å². The lowest BCUT2D eigenvalue weighted by Crippen LogP contribution is -2.41. The van der Waals surface area contributed by atoms with Crippen LogP contribution in [0.2, 0.25) is 0 Å². The van der Waals surface area contributed by atoms with Gasteiger partial charge in [0.15, 0.2) is 6.61 Å². The fraction of sp³-hybridized carbons (Fsp3) is 0.562. The highest BCUT2D eigenvalue weighted by Crippen LogP contribution is 2.30. The molecule has 106 valence electrons. The van der Waals surface area contributed by atoms with Gasteiger partial charge in [-0.25, -0.2) is 0 Å². The molecule has 0 saturated carbocycles. The van der Waals surface area contributed by atoms with E-state index < -0.39 is 0 Å². The first-order valence-corrected chi connectivity index (χ1v) is 7.47. The van der Waals surface area contributed by atoms with Crippen LogP contribution in [-0.4, -0.2) is 36.7 Å². The molecule has 0 spiro atoms. The Labute approximate surface area is 120 Å². The lowest BCUT2D eigenvalue weighted by molar-refractivity contribution is 0.193. The first-order chi connectivity index (χ1) is 9.86. The number of nitrogens with zero attached hydrogens (tertiary/aromatic N) is 2. The molecule has 0 aromatic heterocycles. The lowest BCUT2D eigenvalue weighted by Gasteiger charge is -2.33. The summed E-state index contributed by atoms with van der Waals surface area (Å²) in [5, 5.41) is 12.2. The van der Waals surface area contributed by atoms with Crippen LogP contribution in [0.3, 0.4) is 0 Å². The molecule has 0 aliphatic carbocycles. The van der Waals surface area contributed by atoms with Crippen LogP contribution in [0.1, 0.15) is 25.7 Å². The molecule has 4 nitrogen and oxygen atoms in total. The molecule has 3 rings (SSSR count). The highest BCUT2D eigenvalue weighted by molar-refractivity contribution is 5.49. The predicted octanol–water partition coefficient (Wildman–Crippen LogP) is 2.63. The minimum Gasteiger partial charge on any atom is -0.479 e. The van der Waals surface area contributed by atoms with Gasteiger partial charge >= 0.3 is 0 Å². The van der Waals surface area contributed by atoms with Crippen molar-refractivity contribution >= 4 is 5.69 Å². The van der Waals surface area contributed by atoms with Gasteiger partial charge in [0, 0.05) is 30.4 Å². The molecule has 2 fully saturated rings. The van der Waals surface area contributed by atoms with Crippen molar-refractivity contribution in [1.29, 1.82) is 5.26 Å². The van der Waals surface area contributed by atoms with Crippen LogP contribution in [0.15, 0.2) is 24.3 Å². The molecule has 1 aromatic rings. The number of anilines is 1. The summed E-state index contributed by atoms with van der Waals surface area (Å²) in [4.78, 5) is 2.62. The molecule has 2 aliphatic rings. The Bertz CT molecular complexity index is 497. The Morgan fingerprint density at radius 2 is 2.25 bits per heavy atom. The number of piperidine rings is 1. The molecule has 0 radical (unpaired) electrons. The topological polar surface area (TPSA) is 48.3 Å². The SMILES string of the molecule is N#CCOc1cccc(NC2CCN3CCCCC23)c1. The average Bonchev–Trinajstić information content (AvgIpc) is 2.89. The smallest absolute Gasteiger partial charge is 0.174 e. The van der Waals surface area contributed by atoms with Gasteiger partial charge in [0.2, 0.25) is 0 Å². The first-order valence-electron chi connectivity index (χ1n) is 7.47. The van der Waals surface area contributed by atoms with Gasteiger partial charge in [-0.05, 0) is 37.9 Å². The van der Waals surface area contributed by atoms with Crippen LogP contribution in [0.5, 0.6) is 5.75 Å². The third kappa shape index (κ3) is 2.88. The molecule has 2 atom stereocenters. The Morgan fingerprint density at radius 1 is 1.30 bits per heavy atom. The van der Waals surface area contributed by atoms with E-state index in [1.54, 1.807) is 0 Å². The third-order valence-electron chi connectivity index (χ3n) is 4.35. The number of rotatable bonds is 4. The summed E-state index contributed by atoms with van der Waals surface area (Å²) in [5.41, 5.74) is 1.10. The van der Waals surface area contributed by atoms with Crippen molar-refractivity contribution in [3.8, 4) is 11.8 Å². The molecule has 2 unspecified atom stereocenters. The summed E-state index contributed by atoms with van der Waals surface area (Å²) < 4.78 is 5.36. The quantitative estimate of drug-likeness (QED) is 0.914. The zero-order valence-corrected chi connectivity index (χ0v) is 11.7. The number of nitrogens with one attached hydrogen (secondary N) is 1. The Kier molecular flexibility index (Phi) is 4.08. The van der Waals surface area contributed by atoms with Crippen LogP contribution in [0.4, 0.5) is 5.69 Å². The molecule has 2 heterocycles. The van der Waals surface area contributed by atoms with E-state index in [-0.39, 0.29) is 6.61 Å². The Balaban J connectivity index is 1.64. The highest BCUT2D eigenvalue weighted by Gasteiger charge is 2.35. The first kappa shape index (κ1) is 13.3. The average molecular weight is 271 g/mol. The van der Waals surface area contributed by atoms with Gasteiger partial charge in [-0.3, -0.25) is 4.90 Å². The van der Waals surface area contributed by atoms with E-state index in [2.05, 4.69) is 16.3 Å². The van der Waals surface area contributed by atoms with Crippen molar-refractivity contribution in [2.75, 3.05) is 25.0 Å². The number of fused-ring (bicyclic) bond motifs is 1. The van der Waals surface area contributed by atoms with Crippen molar-refractivity contribution < 1.29 is 4.74 Å². The van der Waals surface area contributed by atoms with Gasteiger partial charge in [-0.1, -0.05) is 12.5 Å². The molecule has 0 bridgehead atoms. The molecule has 0 amide bonds. The molecular weight excluding hydrogens is 250 g/mol. The third-order valence-corrected chi connectivity index (χ3v) is 4.35. The van der Waals surface area contributed by atoms with Crippen molar-refractivity contribution in [1.82, 2.24) is 4.90 Å². The van der Waals surface area contributed by atoms with Crippen molar-refractivity contribution in [2.24, 2.45) is 0 Å². The van der Waals surface area contributed by atoms with Crippen LogP contribution in [0, 0.1) is 11.3 Å². The van der Waals surface area contributed by atoms with E-state index in [0.29, 0.717) is 12.1 Å². The predicted molar refractivity (Wildman–Crippen MR) is 78.8 cm³/mol. The summed E-state index contributed by atoms with van der Waals surface area (Å²) in [6.45, 7) is 2.57. The zero-order valence-electron chi connectivity index (χ0n) is 11.7. The van der Waals surface area contributed by atoms with Gasteiger partial charge in [0.25, 0.3) is 0 Å². The van der Waals surface area contributed by atoms with Crippen LogP contribution >= 0.6 is 0 Å². The summed E-state index contributed by atoms with van der Waals surface area (Å²) >= 11 is 0. The van der Waals surface area contributed by atoms with Crippen molar-refractivity contribution in [2.45, 2.75) is 37.8 Å². The van der Waals surface area contributed by atoms with Gasteiger partial charge in [0.05, 0.1) is 0 Å². The summed E-state index contributed by atoms with van der Waals surface area (Å²) in [6, 6.07) is 11.2. The van der Waals surface area contributed by atoms with E-state index >= 15 is 0 Å². The Hall–Kier alpha value is -1.73. The van der Waals surface area contributed by atoms with Crippen molar-refractivity contribution in [3.63, 3.8) is 0 Å². The second kappa shape index (κ2) is 6.15. The summed E-state index contributed by atoms with van der Waals surface area (Å²) in [7, 11) is 0. The second-order valence-electron chi connectivity index (χ2n) is 5.61. The maximum absolute atomic E-state index is 8.56. The highest BCUT2D eigenvalue weighted by atomic mass is 16.5. The zero-order chi connectivity index (χ0) is 13.8. The monoisotopic (exact) mass is 271 g/mol. The normalized spacial score (nSPS) is 25.8. The van der Waals surface area contributed by atoms with Crippen molar-refractivity contribution in [3.05, 3.63) is 24.3 Å². The van der Waals surface area contributed by atoms with Gasteiger partial charge in [-0.15, -0.1) is 0 Å². The molecule has 2 saturated heterocycles. The fourth-order valence-electron chi connectivity index (χ4n) is 3.42. The standard InChI is InChI=1S/C16H21N3O/c17-8-11-20-14-5-3-4-13(12-14)18-15-7-10-19-9-2-1-6-16(15)19/h3-5,12,15-16,18H,1-2,6-7,9-11H2. The molecule has 2 aliphatic heterocycles. The van der Waals surface area contributed by atoms with Gasteiger partial charge < -0.3 is 10.1 Å². The lowest BCUT2D eigenvalue weighted by atomic mass is 9.99. The fourth-order valence-corrected chi connectivity index (χ4v) is 3.42. The maximum Gasteiger partial charge on any atom is 0.174 e. The Morgan fingerprint density at radius 3 is 3.15 bits per heavy atom. The minimum atomic E-state index is 0.100. The summed E-state index contributed by atoms with van der Waals surface area (Å²) in [6.07, 6.45) is 5.22. The molecule has 4 heteroatoms. The summed E-state index contributed by atoms with van der Waals surface area (Å²) in [5.74, 6) is 0.759. The van der Waals surface area contributed by atoms with E-state index in [1.165, 1.54) is 38.8 Å². The number of hydrogen-bond acceptors (Lipinski definition) is 4. The molecule has 20 heavy (non-hydrogen) atoms. The van der Waals surface area contributed by atoms with E-state index in [4.69, 9.17) is 10.00 Å². The van der Waals surface area contributed by atoms with Crippen LogP contribution in [0.25, 0.3) is 0 Å². The van der Waals surface area contributed by atoms with Crippen LogP contribution in [-0.2, 0) is 0 Å². The molecular formula is C16H21N3O. The number of ether oxygens (including phenoxy) is 1. The molecule has 1 N–H and O–H groups in total. The maximum atomic E-state index is 8.56. The van der Waals surface area contributed by atoms with Gasteiger partial charge in [-0.2, -0.15) is 5.26 Å². The number of benzene rings is 1. The van der Waals surface area contributed by atoms with Gasteiger partial charge in [0.1, 0.15) is 11.8 Å². The second-order valence-corrected chi connectivity index (χ2v) is 5.61. The molecule has 1 aromatic carbocycles. The van der Waals surface area contributed by atoms with E-state index in [1.807, 2.05) is 24.3 Å². The number of nitriles is 1.